The number of hydrogen-bond donors (Lipinski definition) is 0. The predicted octanol–water partition coefficient (Wildman–Crippen LogP) is 2.60. The van der Waals surface area contributed by atoms with E-state index in [0.717, 1.165) is 49.6 Å². The Kier molecular flexibility index (Phi) is 5.82. The van der Waals surface area contributed by atoms with Gasteiger partial charge in [-0.25, -0.2) is 4.79 Å². The predicted molar refractivity (Wildman–Crippen MR) is 79.0 cm³/mol. The smallest absolute Gasteiger partial charge is 0.374 e. The zero-order chi connectivity index (χ0) is 15.1. The second-order valence-electron chi connectivity index (χ2n) is 5.62. The van der Waals surface area contributed by atoms with Gasteiger partial charge in [0, 0.05) is 0 Å². The van der Waals surface area contributed by atoms with Gasteiger partial charge in [-0.3, -0.25) is 0 Å². The summed E-state index contributed by atoms with van der Waals surface area (Å²) < 4.78 is 17.1. The topological polar surface area (TPSA) is 48.7 Å². The quantitative estimate of drug-likeness (QED) is 0.573. The molecule has 0 N–H and O–H groups in total. The van der Waals surface area contributed by atoms with Crippen LogP contribution in [0, 0.1) is 0 Å². The summed E-state index contributed by atoms with van der Waals surface area (Å²) in [5.74, 6) is 0.774. The number of hydrogen-bond acceptors (Lipinski definition) is 4. The Morgan fingerprint density at radius 2 is 2.05 bits per heavy atom. The van der Waals surface area contributed by atoms with Crippen LogP contribution in [0.5, 0.6) is 0 Å². The van der Waals surface area contributed by atoms with Crippen LogP contribution in [0.2, 0.25) is 0 Å². The number of esters is 1. The third kappa shape index (κ3) is 4.32. The average molecular weight is 296 g/mol. The van der Waals surface area contributed by atoms with E-state index in [0.29, 0.717) is 12.4 Å². The first kappa shape index (κ1) is 16.0. The first-order chi connectivity index (χ1) is 10.2. The Balaban J connectivity index is 2.04. The number of unbranched alkanes of at least 4 members (excludes halogenated alkanes) is 1. The van der Waals surface area contributed by atoms with Gasteiger partial charge in [0.2, 0.25) is 5.76 Å². The van der Waals surface area contributed by atoms with Gasteiger partial charge in [-0.2, -0.15) is 0 Å². The van der Waals surface area contributed by atoms with E-state index in [1.165, 1.54) is 12.8 Å². The second-order valence-corrected chi connectivity index (χ2v) is 5.62. The van der Waals surface area contributed by atoms with Gasteiger partial charge >= 0.3 is 5.97 Å². The molecule has 0 atom stereocenters. The van der Waals surface area contributed by atoms with E-state index in [-0.39, 0.29) is 5.97 Å². The molecular weight excluding hydrogens is 270 g/mol. The summed E-state index contributed by atoms with van der Waals surface area (Å²) in [5, 5.41) is 0. The largest absolute Gasteiger partial charge is 0.460 e. The van der Waals surface area contributed by atoms with Gasteiger partial charge in [0.05, 0.1) is 26.4 Å². The third-order valence-corrected chi connectivity index (χ3v) is 4.04. The third-order valence-electron chi connectivity index (χ3n) is 4.04. The van der Waals surface area contributed by atoms with E-state index in [4.69, 9.17) is 13.9 Å². The Morgan fingerprint density at radius 3 is 2.71 bits per heavy atom. The summed E-state index contributed by atoms with van der Waals surface area (Å²) >= 11 is 0. The van der Waals surface area contributed by atoms with E-state index in [1.54, 1.807) is 13.0 Å². The summed E-state index contributed by atoms with van der Waals surface area (Å²) in [5.41, 5.74) is 0. The van der Waals surface area contributed by atoms with Crippen molar-refractivity contribution in [1.29, 1.82) is 0 Å². The van der Waals surface area contributed by atoms with E-state index in [1.807, 2.05) is 6.07 Å². The Labute approximate surface area is 126 Å². The molecule has 0 bridgehead atoms. The maximum absolute atomic E-state index is 11.7. The molecule has 2 rings (SSSR count). The highest BCUT2D eigenvalue weighted by Gasteiger charge is 2.31. The molecule has 118 valence electrons. The number of nitrogens with zero attached hydrogens (tertiary/aromatic N) is 1. The fourth-order valence-electron chi connectivity index (χ4n) is 2.79. The maximum atomic E-state index is 11.7. The molecule has 0 aliphatic carbocycles. The summed E-state index contributed by atoms with van der Waals surface area (Å²) in [7, 11) is 0. The number of rotatable bonds is 7. The normalized spacial score (nSPS) is 17.6. The van der Waals surface area contributed by atoms with E-state index >= 15 is 0 Å². The number of carbonyl (C=O) groups excluding carboxylic acids is 1. The monoisotopic (exact) mass is 296 g/mol. The van der Waals surface area contributed by atoms with E-state index in [9.17, 15) is 4.79 Å². The molecule has 0 spiro atoms. The Morgan fingerprint density at radius 1 is 1.29 bits per heavy atom. The molecule has 0 aromatic carbocycles. The molecule has 0 saturated carbocycles. The van der Waals surface area contributed by atoms with Gasteiger partial charge in [0.15, 0.2) is 5.76 Å². The minimum atomic E-state index is -0.383. The number of ether oxygens (including phenoxy) is 2. The molecule has 2 heterocycles. The lowest BCUT2D eigenvalue weighted by atomic mass is 10.2. The zero-order valence-electron chi connectivity index (χ0n) is 13.1. The molecule has 1 aliphatic rings. The van der Waals surface area contributed by atoms with Gasteiger partial charge in [-0.05, 0) is 25.5 Å². The van der Waals surface area contributed by atoms with Gasteiger partial charge in [0.1, 0.15) is 19.6 Å². The van der Waals surface area contributed by atoms with Crippen LogP contribution in [-0.4, -0.2) is 49.9 Å². The van der Waals surface area contributed by atoms with Crippen LogP contribution < -0.4 is 0 Å². The van der Waals surface area contributed by atoms with Crippen molar-refractivity contribution >= 4 is 5.97 Å². The lowest BCUT2D eigenvalue weighted by molar-refractivity contribution is -0.948. The second kappa shape index (κ2) is 7.61. The molecule has 21 heavy (non-hydrogen) atoms. The standard InChI is InChI=1S/C16H26NO4/c1-3-5-8-17(9-11-19-12-10-17)13-14-6-7-15(21-14)16(18)20-4-2/h6-7H,3-5,8-13H2,1-2H3/q+1. The van der Waals surface area contributed by atoms with Gasteiger partial charge < -0.3 is 18.4 Å². The summed E-state index contributed by atoms with van der Waals surface area (Å²) in [6.45, 7) is 9.94. The van der Waals surface area contributed by atoms with Crippen molar-refractivity contribution < 1.29 is 23.2 Å². The van der Waals surface area contributed by atoms with Crippen LogP contribution in [0.3, 0.4) is 0 Å². The molecule has 0 amide bonds. The lowest BCUT2D eigenvalue weighted by Crippen LogP contribution is -2.54. The van der Waals surface area contributed by atoms with Crippen LogP contribution >= 0.6 is 0 Å². The first-order valence-electron chi connectivity index (χ1n) is 7.88. The van der Waals surface area contributed by atoms with E-state index in [2.05, 4.69) is 6.92 Å². The summed E-state index contributed by atoms with van der Waals surface area (Å²) in [6.07, 6.45) is 2.39. The molecule has 1 aliphatic heterocycles. The minimum Gasteiger partial charge on any atom is -0.460 e. The van der Waals surface area contributed by atoms with Crippen molar-refractivity contribution in [2.24, 2.45) is 0 Å². The molecule has 5 heteroatoms. The molecule has 0 unspecified atom stereocenters. The van der Waals surface area contributed by atoms with Gasteiger partial charge in [0.25, 0.3) is 0 Å². The summed E-state index contributed by atoms with van der Waals surface area (Å²) in [4.78, 5) is 11.7. The fraction of sp³-hybridized carbons (Fsp3) is 0.688. The van der Waals surface area contributed by atoms with E-state index < -0.39 is 0 Å². The number of furan rings is 1. The van der Waals surface area contributed by atoms with Crippen LogP contribution in [0.4, 0.5) is 0 Å². The summed E-state index contributed by atoms with van der Waals surface area (Å²) in [6, 6.07) is 3.61. The van der Waals surface area contributed by atoms with Crippen molar-refractivity contribution in [2.45, 2.75) is 33.2 Å². The number of morpholine rings is 1. The molecule has 1 saturated heterocycles. The highest BCUT2D eigenvalue weighted by Crippen LogP contribution is 2.21. The molecule has 5 nitrogen and oxygen atoms in total. The minimum absolute atomic E-state index is 0.300. The first-order valence-corrected chi connectivity index (χ1v) is 7.88. The van der Waals surface area contributed by atoms with Gasteiger partial charge in [-0.15, -0.1) is 0 Å². The SMILES string of the molecule is CCCC[N+]1(Cc2ccc(C(=O)OCC)o2)CCOCC1. The van der Waals surface area contributed by atoms with Crippen LogP contribution in [0.25, 0.3) is 0 Å². The fourth-order valence-corrected chi connectivity index (χ4v) is 2.79. The van der Waals surface area contributed by atoms with Gasteiger partial charge in [-0.1, -0.05) is 13.3 Å². The molecular formula is C16H26NO4+. The maximum Gasteiger partial charge on any atom is 0.374 e. The van der Waals surface area contributed by atoms with Crippen molar-refractivity contribution in [3.63, 3.8) is 0 Å². The Bertz CT molecular complexity index is 449. The van der Waals surface area contributed by atoms with Crippen LogP contribution in [-0.2, 0) is 16.0 Å². The molecule has 1 aromatic heterocycles. The molecule has 0 radical (unpaired) electrons. The van der Waals surface area contributed by atoms with Crippen LogP contribution in [0.15, 0.2) is 16.5 Å². The zero-order valence-corrected chi connectivity index (χ0v) is 13.1. The van der Waals surface area contributed by atoms with Crippen molar-refractivity contribution in [3.8, 4) is 0 Å². The van der Waals surface area contributed by atoms with Crippen molar-refractivity contribution in [3.05, 3.63) is 23.7 Å². The Hall–Kier alpha value is -1.33. The molecule has 1 fully saturated rings. The van der Waals surface area contributed by atoms with Crippen LogP contribution in [0.1, 0.15) is 43.0 Å². The van der Waals surface area contributed by atoms with Crippen molar-refractivity contribution in [1.82, 2.24) is 0 Å². The highest BCUT2D eigenvalue weighted by atomic mass is 16.5. The lowest BCUT2D eigenvalue weighted by Gasteiger charge is -2.40. The molecule has 1 aromatic rings. The number of quaternary nitrogens is 1. The average Bonchev–Trinajstić information content (AvgIpc) is 2.95. The van der Waals surface area contributed by atoms with Crippen molar-refractivity contribution in [2.75, 3.05) is 39.5 Å². The highest BCUT2D eigenvalue weighted by molar-refractivity contribution is 5.86. The number of carbonyl (C=O) groups is 1.